The topological polar surface area (TPSA) is 112 Å². The first-order chi connectivity index (χ1) is 13.5. The Morgan fingerprint density at radius 1 is 1.32 bits per heavy atom. The lowest BCUT2D eigenvalue weighted by atomic mass is 9.95. The van der Waals surface area contributed by atoms with Gasteiger partial charge in [-0.05, 0) is 43.5 Å². The monoisotopic (exact) mass is 384 g/mol. The van der Waals surface area contributed by atoms with E-state index in [9.17, 15) is 14.7 Å². The minimum absolute atomic E-state index is 0.152. The fraction of sp³-hybridized carbons (Fsp3) is 0.400. The summed E-state index contributed by atoms with van der Waals surface area (Å²) < 4.78 is 6.59. The molecule has 0 fully saturated rings. The second-order valence-corrected chi connectivity index (χ2v) is 7.19. The predicted octanol–water partition coefficient (Wildman–Crippen LogP) is 1.94. The van der Waals surface area contributed by atoms with Crippen molar-refractivity contribution in [2.24, 2.45) is 0 Å². The van der Waals surface area contributed by atoms with Crippen LogP contribution in [0.3, 0.4) is 0 Å². The fourth-order valence-electron chi connectivity index (χ4n) is 3.98. The van der Waals surface area contributed by atoms with Crippen LogP contribution in [0.25, 0.3) is 10.9 Å². The zero-order valence-corrected chi connectivity index (χ0v) is 16.1. The number of fused-ring (bicyclic) bond motifs is 3. The highest BCUT2D eigenvalue weighted by Gasteiger charge is 2.31. The minimum Gasteiger partial charge on any atom is -0.497 e. The van der Waals surface area contributed by atoms with Crippen molar-refractivity contribution in [2.45, 2.75) is 38.8 Å². The second-order valence-electron chi connectivity index (χ2n) is 7.19. The van der Waals surface area contributed by atoms with E-state index in [-0.39, 0.29) is 17.5 Å². The Balaban J connectivity index is 1.94. The summed E-state index contributed by atoms with van der Waals surface area (Å²) in [7, 11) is 1.63. The van der Waals surface area contributed by atoms with E-state index in [1.54, 1.807) is 7.11 Å². The van der Waals surface area contributed by atoms with Gasteiger partial charge in [0.25, 0.3) is 5.56 Å². The van der Waals surface area contributed by atoms with Crippen LogP contribution in [0, 0.1) is 0 Å². The first-order valence-electron chi connectivity index (χ1n) is 9.45. The van der Waals surface area contributed by atoms with Crippen molar-refractivity contribution in [3.63, 3.8) is 0 Å². The number of ether oxygens (including phenoxy) is 1. The number of aromatic amines is 2. The predicted molar refractivity (Wildman–Crippen MR) is 106 cm³/mol. The summed E-state index contributed by atoms with van der Waals surface area (Å²) in [5.74, 6) is 0.472. The van der Waals surface area contributed by atoms with Gasteiger partial charge in [0, 0.05) is 29.2 Å². The average molecular weight is 384 g/mol. The first kappa shape index (κ1) is 18.4. The maximum absolute atomic E-state index is 12.6. The molecular weight excluding hydrogens is 360 g/mol. The van der Waals surface area contributed by atoms with Crippen LogP contribution in [-0.4, -0.2) is 33.3 Å². The molecule has 1 aromatic carbocycles. The molecule has 4 rings (SSSR count). The van der Waals surface area contributed by atoms with E-state index in [1.807, 2.05) is 32.0 Å². The van der Waals surface area contributed by atoms with E-state index in [2.05, 4.69) is 15.3 Å². The number of hydrogen-bond acceptors (Lipinski definition) is 5. The zero-order valence-electron chi connectivity index (χ0n) is 16.1. The van der Waals surface area contributed by atoms with Crippen LogP contribution in [0.2, 0.25) is 0 Å². The average Bonchev–Trinajstić information content (AvgIpc) is 3.06. The largest absolute Gasteiger partial charge is 0.497 e. The Kier molecular flexibility index (Phi) is 4.50. The summed E-state index contributed by atoms with van der Waals surface area (Å²) in [6, 6.07) is 5.00. The first-order valence-corrected chi connectivity index (χ1v) is 9.45. The number of aromatic hydroxyl groups is 1. The molecule has 3 aromatic rings. The lowest BCUT2D eigenvalue weighted by molar-refractivity contribution is 0.353. The molecule has 2 atom stereocenters. The molecular formula is C20H24N4O4. The Bertz CT molecular complexity index is 1160. The fourth-order valence-corrected chi connectivity index (χ4v) is 3.98. The van der Waals surface area contributed by atoms with Crippen LogP contribution < -0.4 is 21.3 Å². The van der Waals surface area contributed by atoms with Gasteiger partial charge in [-0.25, -0.2) is 4.79 Å². The van der Waals surface area contributed by atoms with Crippen molar-refractivity contribution in [3.8, 4) is 11.6 Å². The number of rotatable bonds is 4. The van der Waals surface area contributed by atoms with Gasteiger partial charge in [0.05, 0.1) is 13.2 Å². The molecule has 8 nitrogen and oxygen atoms in total. The van der Waals surface area contributed by atoms with Gasteiger partial charge in [-0.1, -0.05) is 6.92 Å². The number of aromatic nitrogens is 3. The highest BCUT2D eigenvalue weighted by atomic mass is 16.5. The molecule has 0 aliphatic carbocycles. The highest BCUT2D eigenvalue weighted by Crippen LogP contribution is 2.36. The van der Waals surface area contributed by atoms with E-state index >= 15 is 0 Å². The quantitative estimate of drug-likeness (QED) is 0.549. The summed E-state index contributed by atoms with van der Waals surface area (Å²) in [4.78, 5) is 30.6. The van der Waals surface area contributed by atoms with Gasteiger partial charge in [-0.2, -0.15) is 0 Å². The molecule has 2 unspecified atom stereocenters. The standard InChI is InChI=1S/C20H24N4O4/c1-4-10(2)24-19(26)15(18(25)23-20(24)27)17-16-12(7-8-21-17)13-9-11(28-3)5-6-14(13)22-16/h5-6,9-10,17,21-22,26H,4,7-8H2,1-3H3,(H,23,25,27). The Labute approximate surface area is 161 Å². The summed E-state index contributed by atoms with van der Waals surface area (Å²) in [6.07, 6.45) is 1.43. The molecule has 1 aliphatic heterocycles. The lowest BCUT2D eigenvalue weighted by Gasteiger charge is -2.26. The van der Waals surface area contributed by atoms with Crippen LogP contribution in [0.4, 0.5) is 0 Å². The molecule has 28 heavy (non-hydrogen) atoms. The summed E-state index contributed by atoms with van der Waals surface area (Å²) in [5.41, 5.74) is 1.81. The van der Waals surface area contributed by atoms with Gasteiger partial charge >= 0.3 is 5.69 Å². The smallest absolute Gasteiger partial charge is 0.331 e. The normalized spacial score (nSPS) is 17.5. The Hall–Kier alpha value is -3.00. The Morgan fingerprint density at radius 2 is 2.11 bits per heavy atom. The SMILES string of the molecule is CCC(C)n1c(O)c(C2NCCc3c2[nH]c2ccc(OC)cc32)c(=O)[nH]c1=O. The van der Waals surface area contributed by atoms with Crippen molar-refractivity contribution < 1.29 is 9.84 Å². The molecule has 0 radical (unpaired) electrons. The second kappa shape index (κ2) is 6.87. The molecule has 0 saturated heterocycles. The number of methoxy groups -OCH3 is 1. The van der Waals surface area contributed by atoms with Crippen LogP contribution in [-0.2, 0) is 6.42 Å². The number of benzene rings is 1. The molecule has 148 valence electrons. The van der Waals surface area contributed by atoms with Crippen LogP contribution >= 0.6 is 0 Å². The van der Waals surface area contributed by atoms with E-state index in [0.29, 0.717) is 13.0 Å². The zero-order chi connectivity index (χ0) is 20.0. The van der Waals surface area contributed by atoms with Gasteiger partial charge < -0.3 is 20.1 Å². The summed E-state index contributed by atoms with van der Waals surface area (Å²) in [5, 5.41) is 15.2. The highest BCUT2D eigenvalue weighted by molar-refractivity contribution is 5.86. The molecule has 0 amide bonds. The molecule has 2 aromatic heterocycles. The number of nitrogens with one attached hydrogen (secondary N) is 3. The van der Waals surface area contributed by atoms with E-state index < -0.39 is 17.3 Å². The van der Waals surface area contributed by atoms with Gasteiger partial charge in [0.2, 0.25) is 5.88 Å². The van der Waals surface area contributed by atoms with E-state index in [1.165, 1.54) is 4.57 Å². The maximum Gasteiger partial charge on any atom is 0.331 e. The number of hydrogen-bond donors (Lipinski definition) is 4. The van der Waals surface area contributed by atoms with Gasteiger partial charge in [-0.3, -0.25) is 14.3 Å². The summed E-state index contributed by atoms with van der Waals surface area (Å²) in [6.45, 7) is 4.39. The maximum atomic E-state index is 12.6. The molecule has 1 aliphatic rings. The van der Waals surface area contributed by atoms with E-state index in [0.717, 1.165) is 34.3 Å². The van der Waals surface area contributed by atoms with Crippen molar-refractivity contribution >= 4 is 10.9 Å². The van der Waals surface area contributed by atoms with Crippen LogP contribution in [0.5, 0.6) is 11.6 Å². The number of nitrogens with zero attached hydrogens (tertiary/aromatic N) is 1. The van der Waals surface area contributed by atoms with Crippen LogP contribution in [0.15, 0.2) is 27.8 Å². The third-order valence-corrected chi connectivity index (χ3v) is 5.63. The third kappa shape index (κ3) is 2.72. The van der Waals surface area contributed by atoms with E-state index in [4.69, 9.17) is 4.74 Å². The van der Waals surface area contributed by atoms with Gasteiger partial charge in [0.1, 0.15) is 11.3 Å². The molecule has 0 saturated carbocycles. The van der Waals surface area contributed by atoms with Crippen molar-refractivity contribution in [1.82, 2.24) is 19.9 Å². The van der Waals surface area contributed by atoms with Gasteiger partial charge in [0.15, 0.2) is 0 Å². The van der Waals surface area contributed by atoms with Crippen molar-refractivity contribution in [3.05, 3.63) is 55.9 Å². The minimum atomic E-state index is -0.599. The molecule has 3 heterocycles. The summed E-state index contributed by atoms with van der Waals surface area (Å²) >= 11 is 0. The molecule has 0 spiro atoms. The lowest BCUT2D eigenvalue weighted by Crippen LogP contribution is -2.39. The van der Waals surface area contributed by atoms with Crippen molar-refractivity contribution in [2.75, 3.05) is 13.7 Å². The van der Waals surface area contributed by atoms with Crippen molar-refractivity contribution in [1.29, 1.82) is 0 Å². The molecule has 8 heteroatoms. The molecule has 4 N–H and O–H groups in total. The van der Waals surface area contributed by atoms with Crippen LogP contribution in [0.1, 0.15) is 49.2 Å². The Morgan fingerprint density at radius 3 is 2.82 bits per heavy atom. The third-order valence-electron chi connectivity index (χ3n) is 5.63. The number of H-pyrrole nitrogens is 2. The molecule has 0 bridgehead atoms. The van der Waals surface area contributed by atoms with Gasteiger partial charge in [-0.15, -0.1) is 0 Å².